The van der Waals surface area contributed by atoms with Crippen molar-refractivity contribution in [3.8, 4) is 5.88 Å². The topological polar surface area (TPSA) is 85.5 Å². The first kappa shape index (κ1) is 19.2. The number of aryl methyl sites for hydroxylation is 1. The second-order valence-electron chi connectivity index (χ2n) is 7.01. The number of alkyl halides is 2. The molecule has 0 unspecified atom stereocenters. The third-order valence-corrected chi connectivity index (χ3v) is 5.04. The summed E-state index contributed by atoms with van der Waals surface area (Å²) >= 11 is 0. The van der Waals surface area contributed by atoms with E-state index in [0.717, 1.165) is 12.8 Å². The van der Waals surface area contributed by atoms with Gasteiger partial charge in [0.1, 0.15) is 12.0 Å². The molecule has 8 nitrogen and oxygen atoms in total. The Morgan fingerprint density at radius 2 is 2.10 bits per heavy atom. The van der Waals surface area contributed by atoms with E-state index in [0.29, 0.717) is 35.9 Å². The van der Waals surface area contributed by atoms with Crippen molar-refractivity contribution >= 4 is 11.7 Å². The van der Waals surface area contributed by atoms with E-state index in [1.54, 1.807) is 24.0 Å². The molecule has 1 aliphatic heterocycles. The van der Waals surface area contributed by atoms with E-state index in [9.17, 15) is 13.6 Å². The van der Waals surface area contributed by atoms with Crippen molar-refractivity contribution in [2.24, 2.45) is 0 Å². The largest absolute Gasteiger partial charge is 0.481 e. The van der Waals surface area contributed by atoms with Crippen LogP contribution in [0.5, 0.6) is 5.88 Å². The van der Waals surface area contributed by atoms with Crippen LogP contribution in [0.4, 0.5) is 8.78 Å². The molecule has 0 spiro atoms. The van der Waals surface area contributed by atoms with Crippen LogP contribution in [0.15, 0.2) is 24.5 Å². The Hall–Kier alpha value is -3.17. The predicted octanol–water partition coefficient (Wildman–Crippen LogP) is 2.79. The van der Waals surface area contributed by atoms with Crippen LogP contribution in [-0.4, -0.2) is 55.6 Å². The molecule has 1 saturated heterocycles. The van der Waals surface area contributed by atoms with E-state index in [-0.39, 0.29) is 23.3 Å². The third kappa shape index (κ3) is 3.74. The minimum absolute atomic E-state index is 0.135. The quantitative estimate of drug-likeness (QED) is 0.667. The number of pyridine rings is 1. The molecular weight excluding hydrogens is 382 g/mol. The second kappa shape index (κ2) is 7.69. The Morgan fingerprint density at radius 3 is 2.86 bits per heavy atom. The first-order chi connectivity index (χ1) is 14.0. The number of likely N-dealkylation sites (tertiary alicyclic amines) is 1. The van der Waals surface area contributed by atoms with Gasteiger partial charge < -0.3 is 9.64 Å². The zero-order chi connectivity index (χ0) is 20.5. The van der Waals surface area contributed by atoms with Crippen LogP contribution >= 0.6 is 0 Å². The number of nitrogens with zero attached hydrogens (tertiary/aromatic N) is 6. The third-order valence-electron chi connectivity index (χ3n) is 5.04. The highest BCUT2D eigenvalue weighted by Crippen LogP contribution is 2.30. The molecule has 0 saturated carbocycles. The van der Waals surface area contributed by atoms with Crippen LogP contribution in [0, 0.1) is 6.92 Å². The maximum Gasteiger partial charge on any atom is 0.280 e. The minimum atomic E-state index is -2.70. The zero-order valence-corrected chi connectivity index (χ0v) is 16.0. The number of hydrogen-bond acceptors (Lipinski definition) is 6. The fraction of sp³-hybridized carbons (Fsp3) is 0.421. The number of aromatic nitrogens is 5. The Kier molecular flexibility index (Phi) is 5.08. The lowest BCUT2D eigenvalue weighted by molar-refractivity contribution is 0.0704. The molecule has 3 aromatic rings. The van der Waals surface area contributed by atoms with E-state index >= 15 is 0 Å². The first-order valence-electron chi connectivity index (χ1n) is 9.27. The highest BCUT2D eigenvalue weighted by Gasteiger charge is 2.29. The molecule has 29 heavy (non-hydrogen) atoms. The average Bonchev–Trinajstić information content (AvgIpc) is 3.20. The molecule has 0 aromatic carbocycles. The number of ether oxygens (including phenoxy) is 1. The predicted molar refractivity (Wildman–Crippen MR) is 99.1 cm³/mol. The Morgan fingerprint density at radius 1 is 1.28 bits per heavy atom. The molecule has 1 amide bonds. The molecule has 0 aliphatic carbocycles. The van der Waals surface area contributed by atoms with Crippen LogP contribution < -0.4 is 4.74 Å². The van der Waals surface area contributed by atoms with Crippen molar-refractivity contribution in [3.05, 3.63) is 47.2 Å². The van der Waals surface area contributed by atoms with Crippen LogP contribution in [0.1, 0.15) is 52.6 Å². The number of halogens is 2. The molecule has 1 aliphatic rings. The number of carbonyl (C=O) groups excluding carboxylic acids is 1. The van der Waals surface area contributed by atoms with E-state index in [2.05, 4.69) is 20.1 Å². The minimum Gasteiger partial charge on any atom is -0.481 e. The first-order valence-corrected chi connectivity index (χ1v) is 9.27. The molecule has 4 rings (SSSR count). The number of rotatable bonds is 4. The molecule has 3 aromatic heterocycles. The maximum atomic E-state index is 13.3. The van der Waals surface area contributed by atoms with E-state index in [1.165, 1.54) is 24.0 Å². The van der Waals surface area contributed by atoms with Crippen LogP contribution in [0.2, 0.25) is 0 Å². The van der Waals surface area contributed by atoms with E-state index in [1.807, 2.05) is 0 Å². The van der Waals surface area contributed by atoms with Crippen LogP contribution in [0.3, 0.4) is 0 Å². The summed E-state index contributed by atoms with van der Waals surface area (Å²) in [6, 6.07) is 4.69. The molecule has 1 atom stereocenters. The molecule has 4 heterocycles. The molecule has 1 fully saturated rings. The highest BCUT2D eigenvalue weighted by molar-refractivity contribution is 5.94. The Balaban J connectivity index is 1.64. The average molecular weight is 402 g/mol. The summed E-state index contributed by atoms with van der Waals surface area (Å²) in [6.45, 7) is 2.78. The van der Waals surface area contributed by atoms with Crippen molar-refractivity contribution in [1.82, 2.24) is 29.5 Å². The van der Waals surface area contributed by atoms with Crippen LogP contribution in [-0.2, 0) is 0 Å². The summed E-state index contributed by atoms with van der Waals surface area (Å²) in [6.07, 6.45) is 0.0902. The van der Waals surface area contributed by atoms with Crippen LogP contribution in [0.25, 0.3) is 5.78 Å². The zero-order valence-electron chi connectivity index (χ0n) is 16.0. The number of fused-ring (bicyclic) bond motifs is 1. The number of piperidine rings is 1. The van der Waals surface area contributed by atoms with Crippen molar-refractivity contribution in [1.29, 1.82) is 0 Å². The summed E-state index contributed by atoms with van der Waals surface area (Å²) in [5.74, 6) is 0.219. The van der Waals surface area contributed by atoms with Gasteiger partial charge in [-0.15, -0.1) is 0 Å². The number of hydrogen-bond donors (Lipinski definition) is 0. The van der Waals surface area contributed by atoms with Gasteiger partial charge in [-0.1, -0.05) is 0 Å². The van der Waals surface area contributed by atoms with E-state index < -0.39 is 6.43 Å². The molecule has 10 heteroatoms. The smallest absolute Gasteiger partial charge is 0.280 e. The summed E-state index contributed by atoms with van der Waals surface area (Å²) < 4.78 is 33.2. The molecular formula is C19H20F2N6O2. The van der Waals surface area contributed by atoms with Gasteiger partial charge in [-0.05, 0) is 31.9 Å². The molecule has 0 radical (unpaired) electrons. The fourth-order valence-corrected chi connectivity index (χ4v) is 3.71. The lowest BCUT2D eigenvalue weighted by Gasteiger charge is -2.33. The highest BCUT2D eigenvalue weighted by atomic mass is 19.3. The van der Waals surface area contributed by atoms with Gasteiger partial charge in [-0.25, -0.2) is 23.3 Å². The lowest BCUT2D eigenvalue weighted by atomic mass is 9.93. The Bertz CT molecular complexity index is 1050. The van der Waals surface area contributed by atoms with Gasteiger partial charge >= 0.3 is 0 Å². The van der Waals surface area contributed by atoms with Gasteiger partial charge in [0.2, 0.25) is 5.88 Å². The molecule has 152 valence electrons. The number of carbonyl (C=O) groups is 1. The molecule has 0 N–H and O–H groups in total. The van der Waals surface area contributed by atoms with Crippen molar-refractivity contribution in [2.75, 3.05) is 20.2 Å². The fourth-order valence-electron chi connectivity index (χ4n) is 3.71. The maximum absolute atomic E-state index is 13.3. The normalized spacial score (nSPS) is 17.1. The van der Waals surface area contributed by atoms with Gasteiger partial charge in [0, 0.05) is 36.3 Å². The summed E-state index contributed by atoms with van der Waals surface area (Å²) in [7, 11) is 1.50. The van der Waals surface area contributed by atoms with E-state index in [4.69, 9.17) is 4.74 Å². The summed E-state index contributed by atoms with van der Waals surface area (Å²) in [5.41, 5.74) is 1.42. The van der Waals surface area contributed by atoms with Gasteiger partial charge in [-0.2, -0.15) is 10.1 Å². The SMILES string of the molecule is COc1cc(C(=O)N2CCC[C@H](c3cc(C(F)F)nc4ncnn34)C2)cc(C)n1. The van der Waals surface area contributed by atoms with Gasteiger partial charge in [-0.3, -0.25) is 4.79 Å². The Labute approximate surface area is 165 Å². The number of methoxy groups -OCH3 is 1. The molecule has 0 bridgehead atoms. The van der Waals surface area contributed by atoms with Crippen molar-refractivity contribution in [2.45, 2.75) is 32.1 Å². The van der Waals surface area contributed by atoms with Gasteiger partial charge in [0.25, 0.3) is 18.1 Å². The van der Waals surface area contributed by atoms with Gasteiger partial charge in [0.15, 0.2) is 0 Å². The summed E-state index contributed by atoms with van der Waals surface area (Å²) in [5, 5.41) is 4.13. The van der Waals surface area contributed by atoms with Gasteiger partial charge in [0.05, 0.1) is 12.8 Å². The van der Waals surface area contributed by atoms with Crippen molar-refractivity contribution in [3.63, 3.8) is 0 Å². The monoisotopic (exact) mass is 402 g/mol. The lowest BCUT2D eigenvalue weighted by Crippen LogP contribution is -2.39. The van der Waals surface area contributed by atoms with Crippen molar-refractivity contribution < 1.29 is 18.3 Å². The summed E-state index contributed by atoms with van der Waals surface area (Å²) in [4.78, 5) is 26.8. The second-order valence-corrected chi connectivity index (χ2v) is 7.01. The number of amides is 1. The standard InChI is InChI=1S/C19H20F2N6O2/c1-11-6-13(7-16(24-11)29-2)18(28)26-5-3-4-12(9-26)15-8-14(17(20)21)25-19-22-10-23-27(15)19/h6-8,10,12,17H,3-5,9H2,1-2H3/t12-/m0/s1.